The van der Waals surface area contributed by atoms with Gasteiger partial charge in [-0.15, -0.1) is 0 Å². The summed E-state index contributed by atoms with van der Waals surface area (Å²) in [4.78, 5) is 28.1. The third-order valence-corrected chi connectivity index (χ3v) is 5.23. The number of carbonyl (C=O) groups excluding carboxylic acids is 1. The molecule has 9 nitrogen and oxygen atoms in total. The van der Waals surface area contributed by atoms with Crippen molar-refractivity contribution in [2.45, 2.75) is 6.92 Å². The Kier molecular flexibility index (Phi) is 7.66. The lowest BCUT2D eigenvalue weighted by Crippen LogP contribution is -2.48. The van der Waals surface area contributed by atoms with Crippen molar-refractivity contribution in [3.63, 3.8) is 0 Å². The predicted octanol–water partition coefficient (Wildman–Crippen LogP) is 2.55. The molecule has 3 rings (SSSR count). The fourth-order valence-electron chi connectivity index (χ4n) is 3.60. The summed E-state index contributed by atoms with van der Waals surface area (Å²) < 4.78 is 10.6. The number of nitrogens with zero attached hydrogens (tertiary/aromatic N) is 3. The van der Waals surface area contributed by atoms with Crippen LogP contribution in [0.4, 0.5) is 11.4 Å². The number of amides is 1. The van der Waals surface area contributed by atoms with E-state index in [4.69, 9.17) is 9.47 Å². The van der Waals surface area contributed by atoms with Gasteiger partial charge in [0.25, 0.3) is 11.6 Å². The van der Waals surface area contributed by atoms with Crippen LogP contribution in [0.3, 0.4) is 0 Å². The van der Waals surface area contributed by atoms with Crippen LogP contribution >= 0.6 is 0 Å². The minimum atomic E-state index is -0.587. The number of para-hydroxylation sites is 1. The highest BCUT2D eigenvalue weighted by Crippen LogP contribution is 2.34. The number of hydrogen-bond acceptors (Lipinski definition) is 7. The lowest BCUT2D eigenvalue weighted by Gasteiger charge is -2.36. The number of methoxy groups -OCH3 is 1. The van der Waals surface area contributed by atoms with Gasteiger partial charge < -0.3 is 19.7 Å². The Morgan fingerprint density at radius 1 is 1.13 bits per heavy atom. The molecule has 0 atom stereocenters. The maximum Gasteiger partial charge on any atom is 0.286 e. The second-order valence-electron chi connectivity index (χ2n) is 7.13. The zero-order chi connectivity index (χ0) is 22.2. The number of carbonyl (C=O) groups is 1. The maximum absolute atomic E-state index is 12.7. The first-order valence-corrected chi connectivity index (χ1v) is 10.3. The van der Waals surface area contributed by atoms with E-state index in [1.54, 1.807) is 6.92 Å². The molecule has 0 spiro atoms. The van der Waals surface area contributed by atoms with Crippen LogP contribution in [-0.4, -0.2) is 68.7 Å². The summed E-state index contributed by atoms with van der Waals surface area (Å²) in [5.41, 5.74) is 0.866. The van der Waals surface area contributed by atoms with Crippen LogP contribution in [0.5, 0.6) is 11.5 Å². The molecule has 1 heterocycles. The zero-order valence-electron chi connectivity index (χ0n) is 17.9. The lowest BCUT2D eigenvalue weighted by molar-refractivity contribution is -0.385. The van der Waals surface area contributed by atoms with Gasteiger partial charge in [-0.25, -0.2) is 0 Å². The Morgan fingerprint density at radius 2 is 1.84 bits per heavy atom. The predicted molar refractivity (Wildman–Crippen MR) is 118 cm³/mol. The second kappa shape index (κ2) is 10.6. The average Bonchev–Trinajstić information content (AvgIpc) is 2.80. The van der Waals surface area contributed by atoms with E-state index in [0.717, 1.165) is 26.2 Å². The molecule has 1 fully saturated rings. The first-order valence-electron chi connectivity index (χ1n) is 10.3. The fraction of sp³-hybridized carbons (Fsp3) is 0.409. The van der Waals surface area contributed by atoms with Crippen molar-refractivity contribution >= 4 is 17.3 Å². The van der Waals surface area contributed by atoms with Crippen molar-refractivity contribution in [2.24, 2.45) is 0 Å². The normalized spacial score (nSPS) is 14.2. The Morgan fingerprint density at radius 3 is 2.45 bits per heavy atom. The van der Waals surface area contributed by atoms with Gasteiger partial charge in [0.2, 0.25) is 0 Å². The molecule has 0 radical (unpaired) electrons. The van der Waals surface area contributed by atoms with Crippen molar-refractivity contribution in [2.75, 3.05) is 57.9 Å². The molecule has 0 saturated carbocycles. The van der Waals surface area contributed by atoms with Crippen molar-refractivity contribution < 1.29 is 19.2 Å². The van der Waals surface area contributed by atoms with Crippen LogP contribution in [0.1, 0.15) is 17.3 Å². The van der Waals surface area contributed by atoms with Gasteiger partial charge in [-0.05, 0) is 19.1 Å². The summed E-state index contributed by atoms with van der Waals surface area (Å²) in [5, 5.41) is 14.2. The van der Waals surface area contributed by atoms with E-state index in [9.17, 15) is 14.9 Å². The first kappa shape index (κ1) is 22.4. The number of piperazine rings is 1. The molecule has 1 aliphatic heterocycles. The molecular formula is C22H28N4O5. The molecule has 1 saturated heterocycles. The molecule has 2 aromatic carbocycles. The van der Waals surface area contributed by atoms with E-state index in [2.05, 4.69) is 27.2 Å². The SMILES string of the molecule is CCOc1cc(C(=O)NCCN2CCN(c3ccccc3)CC2)c([N+](=O)[O-])cc1OC. The Bertz CT molecular complexity index is 898. The highest BCUT2D eigenvalue weighted by atomic mass is 16.6. The highest BCUT2D eigenvalue weighted by Gasteiger charge is 2.25. The number of nitro benzene ring substituents is 1. The zero-order valence-corrected chi connectivity index (χ0v) is 17.9. The molecule has 0 aromatic heterocycles. The molecule has 1 amide bonds. The third-order valence-electron chi connectivity index (χ3n) is 5.23. The van der Waals surface area contributed by atoms with E-state index < -0.39 is 10.8 Å². The molecule has 9 heteroatoms. The van der Waals surface area contributed by atoms with Gasteiger partial charge in [0, 0.05) is 51.0 Å². The van der Waals surface area contributed by atoms with Crippen molar-refractivity contribution in [1.82, 2.24) is 10.2 Å². The maximum atomic E-state index is 12.7. The third kappa shape index (κ3) is 5.64. The van der Waals surface area contributed by atoms with Gasteiger partial charge in [-0.2, -0.15) is 0 Å². The quantitative estimate of drug-likeness (QED) is 0.484. The van der Waals surface area contributed by atoms with Gasteiger partial charge >= 0.3 is 0 Å². The van der Waals surface area contributed by atoms with Crippen molar-refractivity contribution in [3.8, 4) is 11.5 Å². The number of hydrogen-bond donors (Lipinski definition) is 1. The van der Waals surface area contributed by atoms with E-state index in [1.807, 2.05) is 18.2 Å². The molecule has 1 N–H and O–H groups in total. The van der Waals surface area contributed by atoms with Crippen LogP contribution in [0, 0.1) is 10.1 Å². The summed E-state index contributed by atoms with van der Waals surface area (Å²) in [6.45, 7) is 6.83. The van der Waals surface area contributed by atoms with Crippen LogP contribution < -0.4 is 19.7 Å². The summed E-state index contributed by atoms with van der Waals surface area (Å²) in [7, 11) is 1.40. The van der Waals surface area contributed by atoms with Crippen LogP contribution in [0.2, 0.25) is 0 Å². The highest BCUT2D eigenvalue weighted by molar-refractivity contribution is 5.99. The standard InChI is InChI=1S/C22H28N4O5/c1-3-31-21-15-18(19(26(28)29)16-20(21)30-2)22(27)23-9-10-24-11-13-25(14-12-24)17-7-5-4-6-8-17/h4-8,15-16H,3,9-14H2,1-2H3,(H,23,27). The van der Waals surface area contributed by atoms with Crippen LogP contribution in [-0.2, 0) is 0 Å². The molecule has 0 unspecified atom stereocenters. The van der Waals surface area contributed by atoms with Gasteiger partial charge in [0.1, 0.15) is 5.56 Å². The van der Waals surface area contributed by atoms with E-state index in [1.165, 1.54) is 24.9 Å². The van der Waals surface area contributed by atoms with Crippen LogP contribution in [0.15, 0.2) is 42.5 Å². The summed E-state index contributed by atoms with van der Waals surface area (Å²) >= 11 is 0. The van der Waals surface area contributed by atoms with Gasteiger partial charge in [-0.3, -0.25) is 19.8 Å². The number of benzene rings is 2. The van der Waals surface area contributed by atoms with E-state index in [-0.39, 0.29) is 17.0 Å². The Balaban J connectivity index is 1.56. The lowest BCUT2D eigenvalue weighted by atomic mass is 10.1. The molecule has 0 bridgehead atoms. The average molecular weight is 428 g/mol. The molecule has 2 aromatic rings. The minimum absolute atomic E-state index is 0.0388. The van der Waals surface area contributed by atoms with Crippen LogP contribution in [0.25, 0.3) is 0 Å². The van der Waals surface area contributed by atoms with Gasteiger partial charge in [0.15, 0.2) is 11.5 Å². The minimum Gasteiger partial charge on any atom is -0.493 e. The second-order valence-corrected chi connectivity index (χ2v) is 7.13. The summed E-state index contributed by atoms with van der Waals surface area (Å²) in [5.74, 6) is 0.0254. The number of ether oxygens (including phenoxy) is 2. The van der Waals surface area contributed by atoms with E-state index in [0.29, 0.717) is 25.4 Å². The Hall–Kier alpha value is -3.33. The smallest absolute Gasteiger partial charge is 0.286 e. The molecule has 166 valence electrons. The van der Waals surface area contributed by atoms with Crippen molar-refractivity contribution in [1.29, 1.82) is 0 Å². The number of anilines is 1. The monoisotopic (exact) mass is 428 g/mol. The molecule has 0 aliphatic carbocycles. The number of nitro groups is 1. The first-order chi connectivity index (χ1) is 15.0. The van der Waals surface area contributed by atoms with Gasteiger partial charge in [-0.1, -0.05) is 18.2 Å². The summed E-state index contributed by atoms with van der Waals surface area (Å²) in [6, 6.07) is 12.9. The molecule has 1 aliphatic rings. The number of rotatable bonds is 9. The fourth-order valence-corrected chi connectivity index (χ4v) is 3.60. The van der Waals surface area contributed by atoms with Gasteiger partial charge in [0.05, 0.1) is 24.7 Å². The van der Waals surface area contributed by atoms with Crippen molar-refractivity contribution in [3.05, 3.63) is 58.1 Å². The molecular weight excluding hydrogens is 400 g/mol. The van der Waals surface area contributed by atoms with E-state index >= 15 is 0 Å². The molecule has 31 heavy (non-hydrogen) atoms. The number of nitrogens with one attached hydrogen (secondary N) is 1. The Labute approximate surface area is 181 Å². The summed E-state index contributed by atoms with van der Waals surface area (Å²) in [6.07, 6.45) is 0. The topological polar surface area (TPSA) is 97.2 Å². The largest absolute Gasteiger partial charge is 0.493 e.